The van der Waals surface area contributed by atoms with Gasteiger partial charge in [-0.1, -0.05) is 0 Å². The maximum atomic E-state index is 12.6. The van der Waals surface area contributed by atoms with Gasteiger partial charge in [-0.3, -0.25) is 14.4 Å². The normalized spacial score (nSPS) is 17.0. The van der Waals surface area contributed by atoms with E-state index in [1.54, 1.807) is 20.8 Å². The summed E-state index contributed by atoms with van der Waals surface area (Å²) in [7, 11) is 1.23. The third-order valence-electron chi connectivity index (χ3n) is 4.22. The Labute approximate surface area is 163 Å². The highest BCUT2D eigenvalue weighted by atomic mass is 16.6. The molecule has 1 aromatic heterocycles. The lowest BCUT2D eigenvalue weighted by Gasteiger charge is -2.33. The highest BCUT2D eigenvalue weighted by Crippen LogP contribution is 2.21. The molecule has 1 aliphatic rings. The molecule has 28 heavy (non-hydrogen) atoms. The second-order valence-corrected chi connectivity index (χ2v) is 7.71. The van der Waals surface area contributed by atoms with E-state index in [4.69, 9.17) is 4.74 Å². The van der Waals surface area contributed by atoms with Gasteiger partial charge in [0.15, 0.2) is 0 Å². The zero-order chi connectivity index (χ0) is 20.9. The van der Waals surface area contributed by atoms with E-state index >= 15 is 0 Å². The van der Waals surface area contributed by atoms with Gasteiger partial charge >= 0.3 is 12.1 Å². The molecule has 1 atom stereocenters. The van der Waals surface area contributed by atoms with Gasteiger partial charge in [0.2, 0.25) is 5.91 Å². The molecule has 2 rings (SSSR count). The molecule has 0 spiro atoms. The zero-order valence-corrected chi connectivity index (χ0v) is 16.7. The predicted octanol–water partition coefficient (Wildman–Crippen LogP) is 1.61. The van der Waals surface area contributed by atoms with Crippen molar-refractivity contribution >= 4 is 23.7 Å². The number of carbonyl (C=O) groups is 3. The van der Waals surface area contributed by atoms with Crippen LogP contribution in [0.5, 0.6) is 0 Å². The Morgan fingerprint density at radius 1 is 1.25 bits per heavy atom. The van der Waals surface area contributed by atoms with Crippen molar-refractivity contribution in [2.75, 3.05) is 25.5 Å². The number of ether oxygens (including phenoxy) is 2. The number of piperidine rings is 1. The molecular formula is C19H27N3O6. The van der Waals surface area contributed by atoms with Crippen molar-refractivity contribution in [3.05, 3.63) is 28.7 Å². The van der Waals surface area contributed by atoms with Gasteiger partial charge in [-0.2, -0.15) is 0 Å². The number of hydrogen-bond acceptors (Lipinski definition) is 6. The number of likely N-dealkylation sites (tertiary alicyclic amines) is 1. The Morgan fingerprint density at radius 2 is 1.96 bits per heavy atom. The minimum atomic E-state index is -0.598. The quantitative estimate of drug-likeness (QED) is 0.779. The van der Waals surface area contributed by atoms with Crippen LogP contribution in [-0.4, -0.2) is 53.2 Å². The minimum absolute atomic E-state index is 0.241. The van der Waals surface area contributed by atoms with Crippen LogP contribution >= 0.6 is 0 Å². The first-order valence-electron chi connectivity index (χ1n) is 9.15. The predicted molar refractivity (Wildman–Crippen MR) is 102 cm³/mol. The molecule has 9 heteroatoms. The summed E-state index contributed by atoms with van der Waals surface area (Å²) in [5.41, 5.74) is -0.584. The Bertz CT molecular complexity index is 796. The van der Waals surface area contributed by atoms with Gasteiger partial charge in [-0.25, -0.2) is 4.79 Å². The first-order chi connectivity index (χ1) is 13.1. The summed E-state index contributed by atoms with van der Waals surface area (Å²) >= 11 is 0. The van der Waals surface area contributed by atoms with Crippen molar-refractivity contribution in [1.82, 2.24) is 9.47 Å². The van der Waals surface area contributed by atoms with Crippen LogP contribution in [0.2, 0.25) is 0 Å². The number of amides is 2. The van der Waals surface area contributed by atoms with E-state index in [0.717, 1.165) is 4.57 Å². The first kappa shape index (κ1) is 21.5. The number of hydrogen-bond donors (Lipinski definition) is 1. The lowest BCUT2D eigenvalue weighted by Crippen LogP contribution is -2.45. The van der Waals surface area contributed by atoms with Gasteiger partial charge in [-0.05, 0) is 39.7 Å². The fourth-order valence-corrected chi connectivity index (χ4v) is 2.86. The number of pyridine rings is 1. The fraction of sp³-hybridized carbons (Fsp3) is 0.579. The van der Waals surface area contributed by atoms with Crippen molar-refractivity contribution in [2.24, 2.45) is 5.92 Å². The number of esters is 1. The molecule has 154 valence electrons. The molecule has 1 fully saturated rings. The molecule has 1 aliphatic heterocycles. The average Bonchev–Trinajstić information content (AvgIpc) is 2.63. The maximum absolute atomic E-state index is 12.6. The van der Waals surface area contributed by atoms with Crippen LogP contribution in [0.3, 0.4) is 0 Å². The van der Waals surface area contributed by atoms with Crippen molar-refractivity contribution in [1.29, 1.82) is 0 Å². The molecular weight excluding hydrogens is 366 g/mol. The summed E-state index contributed by atoms with van der Waals surface area (Å²) in [4.78, 5) is 49.6. The molecule has 0 saturated carbocycles. The van der Waals surface area contributed by atoms with Crippen molar-refractivity contribution in [3.63, 3.8) is 0 Å². The summed E-state index contributed by atoms with van der Waals surface area (Å²) < 4.78 is 11.1. The van der Waals surface area contributed by atoms with Gasteiger partial charge in [-0.15, -0.1) is 0 Å². The van der Waals surface area contributed by atoms with Crippen LogP contribution in [0.15, 0.2) is 23.1 Å². The maximum Gasteiger partial charge on any atom is 0.410 e. The molecule has 0 bridgehead atoms. The van der Waals surface area contributed by atoms with Crippen molar-refractivity contribution < 1.29 is 23.9 Å². The molecule has 0 aromatic carbocycles. The Kier molecular flexibility index (Phi) is 6.82. The van der Waals surface area contributed by atoms with Crippen molar-refractivity contribution in [3.8, 4) is 0 Å². The minimum Gasteiger partial charge on any atom is -0.468 e. The van der Waals surface area contributed by atoms with Crippen LogP contribution in [0.1, 0.15) is 33.6 Å². The standard InChI is InChI=1S/C19H27N3O6/c1-19(2,3)28-18(26)21-9-5-6-13(10-21)17(25)20-14-7-8-15(23)22(11-14)12-16(24)27-4/h7-8,11,13H,5-6,9-10,12H2,1-4H3,(H,20,25). The number of aromatic nitrogens is 1. The fourth-order valence-electron chi connectivity index (χ4n) is 2.86. The largest absolute Gasteiger partial charge is 0.468 e. The zero-order valence-electron chi connectivity index (χ0n) is 16.7. The molecule has 1 aromatic rings. The Balaban J connectivity index is 2.02. The van der Waals surface area contributed by atoms with Crippen LogP contribution < -0.4 is 10.9 Å². The van der Waals surface area contributed by atoms with E-state index in [0.29, 0.717) is 25.1 Å². The molecule has 2 heterocycles. The molecule has 0 aliphatic carbocycles. The highest BCUT2D eigenvalue weighted by Gasteiger charge is 2.31. The van der Waals surface area contributed by atoms with Gasteiger partial charge in [0.1, 0.15) is 12.1 Å². The van der Waals surface area contributed by atoms with Crippen LogP contribution in [-0.2, 0) is 25.6 Å². The van der Waals surface area contributed by atoms with E-state index < -0.39 is 17.7 Å². The van der Waals surface area contributed by atoms with Gasteiger partial charge < -0.3 is 24.3 Å². The molecule has 1 unspecified atom stereocenters. The van der Waals surface area contributed by atoms with Gasteiger partial charge in [0.25, 0.3) is 5.56 Å². The van der Waals surface area contributed by atoms with Gasteiger partial charge in [0, 0.05) is 25.4 Å². The molecule has 2 amide bonds. The summed E-state index contributed by atoms with van der Waals surface area (Å²) in [6, 6.07) is 2.74. The van der Waals surface area contributed by atoms with E-state index in [1.165, 1.54) is 30.3 Å². The van der Waals surface area contributed by atoms with Crippen LogP contribution in [0.25, 0.3) is 0 Å². The third-order valence-corrected chi connectivity index (χ3v) is 4.22. The lowest BCUT2D eigenvalue weighted by atomic mass is 9.97. The third kappa shape index (κ3) is 6.11. The highest BCUT2D eigenvalue weighted by molar-refractivity contribution is 5.93. The Hall–Kier alpha value is -2.84. The monoisotopic (exact) mass is 393 g/mol. The smallest absolute Gasteiger partial charge is 0.410 e. The van der Waals surface area contributed by atoms with E-state index in [-0.39, 0.29) is 30.5 Å². The van der Waals surface area contributed by atoms with Gasteiger partial charge in [0.05, 0.1) is 18.7 Å². The topological polar surface area (TPSA) is 107 Å². The van der Waals surface area contributed by atoms with E-state index in [1.807, 2.05) is 0 Å². The summed E-state index contributed by atoms with van der Waals surface area (Å²) in [6.45, 7) is 5.95. The number of nitrogens with one attached hydrogen (secondary N) is 1. The molecule has 0 radical (unpaired) electrons. The van der Waals surface area contributed by atoms with E-state index in [9.17, 15) is 19.2 Å². The molecule has 1 N–H and O–H groups in total. The SMILES string of the molecule is COC(=O)Cn1cc(NC(=O)C2CCCN(C(=O)OC(C)(C)C)C2)ccc1=O. The van der Waals surface area contributed by atoms with Crippen LogP contribution in [0.4, 0.5) is 10.5 Å². The number of carbonyl (C=O) groups excluding carboxylic acids is 3. The Morgan fingerprint density at radius 3 is 2.61 bits per heavy atom. The number of rotatable bonds is 4. The van der Waals surface area contributed by atoms with E-state index in [2.05, 4.69) is 10.1 Å². The first-order valence-corrected chi connectivity index (χ1v) is 9.15. The number of nitrogens with zero attached hydrogens (tertiary/aromatic N) is 2. The summed E-state index contributed by atoms with van der Waals surface area (Å²) in [5, 5.41) is 2.75. The lowest BCUT2D eigenvalue weighted by molar-refractivity contribution is -0.141. The second-order valence-electron chi connectivity index (χ2n) is 7.71. The average molecular weight is 393 g/mol. The van der Waals surface area contributed by atoms with Crippen LogP contribution in [0, 0.1) is 5.92 Å². The van der Waals surface area contributed by atoms with Crippen molar-refractivity contribution in [2.45, 2.75) is 45.8 Å². The second kappa shape index (κ2) is 8.90. The number of anilines is 1. The molecule has 1 saturated heterocycles. The number of methoxy groups -OCH3 is 1. The molecule has 9 nitrogen and oxygen atoms in total. The summed E-state index contributed by atoms with van der Waals surface area (Å²) in [5.74, 6) is -1.20. The summed E-state index contributed by atoms with van der Waals surface area (Å²) in [6.07, 6.45) is 2.30.